The van der Waals surface area contributed by atoms with Gasteiger partial charge in [-0.1, -0.05) is 0 Å². The number of hydrogen-bond donors (Lipinski definition) is 1. The molecule has 0 saturated carbocycles. The third-order valence-corrected chi connectivity index (χ3v) is 2.52. The molecule has 0 radical (unpaired) electrons. The van der Waals surface area contributed by atoms with Gasteiger partial charge < -0.3 is 9.52 Å². The maximum Gasteiger partial charge on any atom is 0.166 e. The van der Waals surface area contributed by atoms with Crippen LogP contribution in [0.2, 0.25) is 0 Å². The Morgan fingerprint density at radius 1 is 1.43 bits per heavy atom. The molecular formula is C11H14O3. The van der Waals surface area contributed by atoms with E-state index in [0.717, 1.165) is 18.6 Å². The number of aliphatic hydroxyl groups is 1. The molecule has 0 fully saturated rings. The molecule has 1 aliphatic rings. The van der Waals surface area contributed by atoms with Crippen molar-refractivity contribution in [2.24, 2.45) is 0 Å². The average molecular weight is 194 g/mol. The van der Waals surface area contributed by atoms with Crippen LogP contribution in [0.1, 0.15) is 48.6 Å². The lowest BCUT2D eigenvalue weighted by molar-refractivity contribution is 0.0528. The maximum absolute atomic E-state index is 11.5. The van der Waals surface area contributed by atoms with Crippen LogP contribution in [0.3, 0.4) is 0 Å². The first-order valence-corrected chi connectivity index (χ1v) is 4.87. The van der Waals surface area contributed by atoms with E-state index in [1.54, 1.807) is 19.9 Å². The molecule has 1 aromatic rings. The third kappa shape index (κ3) is 1.48. The van der Waals surface area contributed by atoms with Gasteiger partial charge in [0.2, 0.25) is 0 Å². The maximum atomic E-state index is 11.5. The van der Waals surface area contributed by atoms with Crippen LogP contribution in [0.25, 0.3) is 0 Å². The summed E-state index contributed by atoms with van der Waals surface area (Å²) in [6.45, 7) is 3.31. The Balaban J connectivity index is 2.45. The van der Waals surface area contributed by atoms with E-state index in [1.165, 1.54) is 0 Å². The molecule has 1 aromatic heterocycles. The molecule has 1 heterocycles. The van der Waals surface area contributed by atoms with Gasteiger partial charge in [-0.15, -0.1) is 0 Å². The quantitative estimate of drug-likeness (QED) is 0.744. The summed E-state index contributed by atoms with van der Waals surface area (Å²) >= 11 is 0. The van der Waals surface area contributed by atoms with Crippen LogP contribution in [-0.2, 0) is 12.0 Å². The van der Waals surface area contributed by atoms with Crippen molar-refractivity contribution in [3.63, 3.8) is 0 Å². The molecule has 0 unspecified atom stereocenters. The molecule has 76 valence electrons. The number of carbonyl (C=O) groups excluding carboxylic acids is 1. The molecule has 0 spiro atoms. The van der Waals surface area contributed by atoms with Gasteiger partial charge in [0.25, 0.3) is 0 Å². The van der Waals surface area contributed by atoms with E-state index in [-0.39, 0.29) is 5.78 Å². The summed E-state index contributed by atoms with van der Waals surface area (Å²) in [5.41, 5.74) is -0.342. The van der Waals surface area contributed by atoms with Crippen molar-refractivity contribution in [2.45, 2.75) is 38.7 Å². The lowest BCUT2D eigenvalue weighted by atomic mass is 9.96. The predicted molar refractivity (Wildman–Crippen MR) is 51.2 cm³/mol. The molecule has 2 rings (SSSR count). The molecule has 1 aliphatic carbocycles. The van der Waals surface area contributed by atoms with Crippen molar-refractivity contribution in [3.8, 4) is 0 Å². The van der Waals surface area contributed by atoms with E-state index in [4.69, 9.17) is 4.42 Å². The fraction of sp³-hybridized carbons (Fsp3) is 0.545. The van der Waals surface area contributed by atoms with Crippen LogP contribution < -0.4 is 0 Å². The Morgan fingerprint density at radius 3 is 2.71 bits per heavy atom. The fourth-order valence-corrected chi connectivity index (χ4v) is 1.70. The molecule has 0 saturated heterocycles. The molecule has 3 heteroatoms. The van der Waals surface area contributed by atoms with Gasteiger partial charge in [0.15, 0.2) is 5.78 Å². The Kier molecular flexibility index (Phi) is 2.00. The monoisotopic (exact) mass is 194 g/mol. The van der Waals surface area contributed by atoms with Crippen LogP contribution in [0.15, 0.2) is 10.5 Å². The normalized spacial score (nSPS) is 16.9. The molecule has 1 N–H and O–H groups in total. The van der Waals surface area contributed by atoms with Crippen molar-refractivity contribution in [1.29, 1.82) is 0 Å². The van der Waals surface area contributed by atoms with Gasteiger partial charge in [-0.05, 0) is 26.3 Å². The highest BCUT2D eigenvalue weighted by atomic mass is 16.4. The van der Waals surface area contributed by atoms with Gasteiger partial charge >= 0.3 is 0 Å². The Bertz CT molecular complexity index is 368. The van der Waals surface area contributed by atoms with Crippen LogP contribution in [0.5, 0.6) is 0 Å². The minimum absolute atomic E-state index is 0.130. The highest BCUT2D eigenvalue weighted by molar-refractivity contribution is 5.98. The van der Waals surface area contributed by atoms with Crippen LogP contribution >= 0.6 is 0 Å². The second-order valence-corrected chi connectivity index (χ2v) is 4.28. The highest BCUT2D eigenvalue weighted by Gasteiger charge is 2.27. The van der Waals surface area contributed by atoms with E-state index in [2.05, 4.69) is 0 Å². The average Bonchev–Trinajstić information content (AvgIpc) is 2.48. The third-order valence-electron chi connectivity index (χ3n) is 2.52. The number of aryl methyl sites for hydroxylation is 1. The Labute approximate surface area is 82.7 Å². The van der Waals surface area contributed by atoms with Gasteiger partial charge in [0, 0.05) is 12.8 Å². The van der Waals surface area contributed by atoms with Gasteiger partial charge in [-0.3, -0.25) is 4.79 Å². The molecule has 0 bridgehead atoms. The van der Waals surface area contributed by atoms with Crippen LogP contribution in [0.4, 0.5) is 0 Å². The first-order valence-electron chi connectivity index (χ1n) is 4.87. The zero-order chi connectivity index (χ0) is 10.3. The SMILES string of the molecule is CC(C)(O)c1cc2c(o1)CCCC2=O. The zero-order valence-electron chi connectivity index (χ0n) is 8.46. The smallest absolute Gasteiger partial charge is 0.166 e. The van der Waals surface area contributed by atoms with Crippen molar-refractivity contribution in [1.82, 2.24) is 0 Å². The Hall–Kier alpha value is -1.09. The largest absolute Gasteiger partial charge is 0.462 e. The molecule has 0 amide bonds. The molecular weight excluding hydrogens is 180 g/mol. The topological polar surface area (TPSA) is 50.4 Å². The van der Waals surface area contributed by atoms with Crippen molar-refractivity contribution in [3.05, 3.63) is 23.2 Å². The fourth-order valence-electron chi connectivity index (χ4n) is 1.70. The zero-order valence-corrected chi connectivity index (χ0v) is 8.46. The first-order chi connectivity index (χ1) is 6.48. The second kappa shape index (κ2) is 2.95. The lowest BCUT2D eigenvalue weighted by Gasteiger charge is -2.12. The number of fused-ring (bicyclic) bond motifs is 1. The van der Waals surface area contributed by atoms with Gasteiger partial charge in [-0.2, -0.15) is 0 Å². The summed E-state index contributed by atoms with van der Waals surface area (Å²) in [5, 5.41) is 9.72. The molecule has 0 atom stereocenters. The minimum Gasteiger partial charge on any atom is -0.462 e. The summed E-state index contributed by atoms with van der Waals surface area (Å²) in [5.74, 6) is 1.35. The number of carbonyl (C=O) groups is 1. The predicted octanol–water partition coefficient (Wildman–Crippen LogP) is 2.03. The van der Waals surface area contributed by atoms with Crippen molar-refractivity contribution in [2.75, 3.05) is 0 Å². The number of ketones is 1. The molecule has 0 aliphatic heterocycles. The number of hydrogen-bond acceptors (Lipinski definition) is 3. The first kappa shape index (κ1) is 9.46. The van der Waals surface area contributed by atoms with Gasteiger partial charge in [0.05, 0.1) is 5.56 Å². The standard InChI is InChI=1S/C11H14O3/c1-11(2,13)10-6-7-8(12)4-3-5-9(7)14-10/h6,13H,3-5H2,1-2H3. The van der Waals surface area contributed by atoms with Crippen LogP contribution in [0, 0.1) is 0 Å². The summed E-state index contributed by atoms with van der Waals surface area (Å²) in [6, 6.07) is 1.68. The van der Waals surface area contributed by atoms with Crippen molar-refractivity contribution < 1.29 is 14.3 Å². The van der Waals surface area contributed by atoms with E-state index in [0.29, 0.717) is 17.7 Å². The summed E-state index contributed by atoms with van der Waals surface area (Å²) in [6.07, 6.45) is 2.25. The van der Waals surface area contributed by atoms with E-state index < -0.39 is 5.60 Å². The summed E-state index contributed by atoms with van der Waals surface area (Å²) in [7, 11) is 0. The molecule has 3 nitrogen and oxygen atoms in total. The lowest BCUT2D eigenvalue weighted by Crippen LogP contribution is -2.14. The van der Waals surface area contributed by atoms with Crippen LogP contribution in [-0.4, -0.2) is 10.9 Å². The molecule has 14 heavy (non-hydrogen) atoms. The number of furan rings is 1. The summed E-state index contributed by atoms with van der Waals surface area (Å²) < 4.78 is 5.47. The minimum atomic E-state index is -1.00. The van der Waals surface area contributed by atoms with Gasteiger partial charge in [-0.25, -0.2) is 0 Å². The second-order valence-electron chi connectivity index (χ2n) is 4.28. The van der Waals surface area contributed by atoms with E-state index in [1.807, 2.05) is 0 Å². The van der Waals surface area contributed by atoms with Crippen molar-refractivity contribution >= 4 is 5.78 Å². The summed E-state index contributed by atoms with van der Waals surface area (Å²) in [4.78, 5) is 11.5. The highest BCUT2D eigenvalue weighted by Crippen LogP contribution is 2.30. The molecule has 0 aromatic carbocycles. The van der Waals surface area contributed by atoms with E-state index in [9.17, 15) is 9.90 Å². The van der Waals surface area contributed by atoms with E-state index >= 15 is 0 Å². The Morgan fingerprint density at radius 2 is 2.14 bits per heavy atom. The van der Waals surface area contributed by atoms with Gasteiger partial charge in [0.1, 0.15) is 17.1 Å². The number of Topliss-reactive ketones (excluding diaryl/α,β-unsaturated/α-hetero) is 1. The number of rotatable bonds is 1.